The molecule has 0 atom stereocenters. The van der Waals surface area contributed by atoms with Crippen LogP contribution in [0.3, 0.4) is 0 Å². The van der Waals surface area contributed by atoms with E-state index in [9.17, 15) is 4.79 Å². The number of aryl methyl sites for hydroxylation is 1. The highest BCUT2D eigenvalue weighted by atomic mass is 32.1. The molecule has 0 radical (unpaired) electrons. The molecule has 1 amide bonds. The first kappa shape index (κ1) is 11.8. The summed E-state index contributed by atoms with van der Waals surface area (Å²) in [6.07, 6.45) is 1.59. The van der Waals surface area contributed by atoms with E-state index in [2.05, 4.69) is 9.98 Å². The normalized spacial score (nSPS) is 11.9. The number of rotatable bonds is 1. The van der Waals surface area contributed by atoms with E-state index in [1.165, 1.54) is 11.3 Å². The van der Waals surface area contributed by atoms with E-state index in [1.54, 1.807) is 24.4 Å². The minimum atomic E-state index is -0.317. The third kappa shape index (κ3) is 2.20. The SMILES string of the molecule is Cn1c(=NC(=O)c2ccccn2)sc2ccccc21. The zero-order valence-corrected chi connectivity index (χ0v) is 11.1. The molecular formula is C14H11N3OS. The van der Waals surface area contributed by atoms with Gasteiger partial charge in [-0.25, -0.2) is 0 Å². The van der Waals surface area contributed by atoms with Crippen LogP contribution < -0.4 is 4.80 Å². The molecule has 0 unspecified atom stereocenters. The molecule has 0 N–H and O–H groups in total. The van der Waals surface area contributed by atoms with Crippen molar-refractivity contribution in [2.75, 3.05) is 0 Å². The van der Waals surface area contributed by atoms with Crippen LogP contribution in [0.15, 0.2) is 53.7 Å². The second-order valence-corrected chi connectivity index (χ2v) is 5.05. The summed E-state index contributed by atoms with van der Waals surface area (Å²) >= 11 is 1.49. The lowest BCUT2D eigenvalue weighted by Gasteiger charge is -1.94. The van der Waals surface area contributed by atoms with Crippen molar-refractivity contribution in [2.45, 2.75) is 0 Å². The first-order valence-electron chi connectivity index (χ1n) is 5.80. The average molecular weight is 269 g/mol. The van der Waals surface area contributed by atoms with Crippen molar-refractivity contribution in [3.63, 3.8) is 0 Å². The first-order valence-corrected chi connectivity index (χ1v) is 6.62. The van der Waals surface area contributed by atoms with Gasteiger partial charge in [0.05, 0.1) is 10.2 Å². The molecule has 94 valence electrons. The number of thiazole rings is 1. The van der Waals surface area contributed by atoms with Crippen LogP contribution in [0.2, 0.25) is 0 Å². The fourth-order valence-corrected chi connectivity index (χ4v) is 2.84. The Balaban J connectivity index is 2.12. The maximum absolute atomic E-state index is 12.0. The van der Waals surface area contributed by atoms with Crippen molar-refractivity contribution in [3.8, 4) is 0 Å². The molecule has 4 nitrogen and oxygen atoms in total. The highest BCUT2D eigenvalue weighted by Gasteiger charge is 2.06. The molecule has 0 spiro atoms. The number of fused-ring (bicyclic) bond motifs is 1. The Morgan fingerprint density at radius 1 is 1.21 bits per heavy atom. The molecule has 2 aromatic heterocycles. The van der Waals surface area contributed by atoms with E-state index < -0.39 is 0 Å². The van der Waals surface area contributed by atoms with Crippen LogP contribution in [-0.2, 0) is 7.05 Å². The molecule has 0 aliphatic rings. The fourth-order valence-electron chi connectivity index (χ4n) is 1.82. The van der Waals surface area contributed by atoms with Gasteiger partial charge in [0.25, 0.3) is 5.91 Å². The van der Waals surface area contributed by atoms with Gasteiger partial charge in [-0.05, 0) is 24.3 Å². The molecule has 0 fully saturated rings. The largest absolute Gasteiger partial charge is 0.319 e. The second-order valence-electron chi connectivity index (χ2n) is 4.04. The molecule has 19 heavy (non-hydrogen) atoms. The predicted octanol–water partition coefficient (Wildman–Crippen LogP) is 2.38. The van der Waals surface area contributed by atoms with Crippen molar-refractivity contribution >= 4 is 27.5 Å². The van der Waals surface area contributed by atoms with E-state index >= 15 is 0 Å². The van der Waals surface area contributed by atoms with Gasteiger partial charge in [-0.3, -0.25) is 9.78 Å². The van der Waals surface area contributed by atoms with Crippen LogP contribution in [0.5, 0.6) is 0 Å². The van der Waals surface area contributed by atoms with Gasteiger partial charge in [-0.15, -0.1) is 0 Å². The van der Waals surface area contributed by atoms with Crippen LogP contribution >= 0.6 is 11.3 Å². The van der Waals surface area contributed by atoms with Crippen LogP contribution in [0.25, 0.3) is 10.2 Å². The number of hydrogen-bond acceptors (Lipinski definition) is 3. The Morgan fingerprint density at radius 2 is 2.00 bits per heavy atom. The van der Waals surface area contributed by atoms with Gasteiger partial charge in [-0.1, -0.05) is 29.5 Å². The monoisotopic (exact) mass is 269 g/mol. The highest BCUT2D eigenvalue weighted by Crippen LogP contribution is 2.15. The predicted molar refractivity (Wildman–Crippen MR) is 74.9 cm³/mol. The smallest absolute Gasteiger partial charge is 0.298 e. The second kappa shape index (κ2) is 4.78. The maximum atomic E-state index is 12.0. The molecule has 0 bridgehead atoms. The van der Waals surface area contributed by atoms with Crippen molar-refractivity contribution < 1.29 is 4.79 Å². The van der Waals surface area contributed by atoms with Gasteiger partial charge in [0.2, 0.25) is 0 Å². The molecule has 2 heterocycles. The van der Waals surface area contributed by atoms with Gasteiger partial charge in [0, 0.05) is 13.2 Å². The number of benzene rings is 1. The van der Waals surface area contributed by atoms with Crippen molar-refractivity contribution in [1.29, 1.82) is 0 Å². The average Bonchev–Trinajstić information content (AvgIpc) is 2.77. The van der Waals surface area contributed by atoms with E-state index in [-0.39, 0.29) is 5.91 Å². The topological polar surface area (TPSA) is 47.2 Å². The molecule has 3 aromatic rings. The number of carbonyl (C=O) groups is 1. The highest BCUT2D eigenvalue weighted by molar-refractivity contribution is 7.16. The fraction of sp³-hybridized carbons (Fsp3) is 0.0714. The number of amides is 1. The summed E-state index contributed by atoms with van der Waals surface area (Å²) in [6.45, 7) is 0. The van der Waals surface area contributed by atoms with Gasteiger partial charge in [0.1, 0.15) is 5.69 Å². The summed E-state index contributed by atoms with van der Waals surface area (Å²) < 4.78 is 3.03. The molecule has 0 aliphatic carbocycles. The summed E-state index contributed by atoms with van der Waals surface area (Å²) in [4.78, 5) is 20.8. The Kier molecular flexibility index (Phi) is 2.97. The van der Waals surface area contributed by atoms with Gasteiger partial charge in [0.15, 0.2) is 4.80 Å². The quantitative estimate of drug-likeness (QED) is 0.681. The van der Waals surface area contributed by atoms with Crippen LogP contribution in [-0.4, -0.2) is 15.5 Å². The number of carbonyl (C=O) groups excluding carboxylic acids is 1. The number of aromatic nitrogens is 2. The van der Waals surface area contributed by atoms with Gasteiger partial charge in [-0.2, -0.15) is 4.99 Å². The van der Waals surface area contributed by atoms with E-state index in [4.69, 9.17) is 0 Å². The molecule has 0 saturated carbocycles. The Bertz CT molecular complexity index is 802. The number of nitrogens with zero attached hydrogens (tertiary/aromatic N) is 3. The summed E-state index contributed by atoms with van der Waals surface area (Å²) in [6, 6.07) is 13.2. The minimum absolute atomic E-state index is 0.317. The lowest BCUT2D eigenvalue weighted by molar-refractivity contribution is 0.0993. The molecule has 1 aromatic carbocycles. The Morgan fingerprint density at radius 3 is 2.74 bits per heavy atom. The molecule has 0 aliphatic heterocycles. The number of para-hydroxylation sites is 1. The third-order valence-electron chi connectivity index (χ3n) is 2.80. The Labute approximate surface area is 113 Å². The number of hydrogen-bond donors (Lipinski definition) is 0. The third-order valence-corrected chi connectivity index (χ3v) is 3.91. The summed E-state index contributed by atoms with van der Waals surface area (Å²) in [5, 5.41) is 0. The van der Waals surface area contributed by atoms with Crippen molar-refractivity contribution in [2.24, 2.45) is 12.0 Å². The molecular weight excluding hydrogens is 258 g/mol. The van der Waals surface area contributed by atoms with Crippen LogP contribution in [0.4, 0.5) is 0 Å². The van der Waals surface area contributed by atoms with Crippen molar-refractivity contribution in [1.82, 2.24) is 9.55 Å². The van der Waals surface area contributed by atoms with E-state index in [1.807, 2.05) is 35.9 Å². The molecule has 0 saturated heterocycles. The van der Waals surface area contributed by atoms with E-state index in [0.717, 1.165) is 10.2 Å². The van der Waals surface area contributed by atoms with Crippen molar-refractivity contribution in [3.05, 3.63) is 59.2 Å². The van der Waals surface area contributed by atoms with Gasteiger partial charge >= 0.3 is 0 Å². The van der Waals surface area contributed by atoms with E-state index in [0.29, 0.717) is 10.5 Å². The lowest BCUT2D eigenvalue weighted by atomic mass is 10.3. The molecule has 3 rings (SSSR count). The summed E-state index contributed by atoms with van der Waals surface area (Å²) in [7, 11) is 1.91. The van der Waals surface area contributed by atoms with Crippen LogP contribution in [0.1, 0.15) is 10.5 Å². The van der Waals surface area contributed by atoms with Gasteiger partial charge < -0.3 is 4.57 Å². The molecule has 5 heteroatoms. The first-order chi connectivity index (χ1) is 9.25. The lowest BCUT2D eigenvalue weighted by Crippen LogP contribution is -2.13. The number of pyridine rings is 1. The summed E-state index contributed by atoms with van der Waals surface area (Å²) in [5.74, 6) is -0.317. The maximum Gasteiger partial charge on any atom is 0.298 e. The minimum Gasteiger partial charge on any atom is -0.319 e. The Hall–Kier alpha value is -2.27. The zero-order valence-electron chi connectivity index (χ0n) is 10.3. The summed E-state index contributed by atoms with van der Waals surface area (Å²) in [5.41, 5.74) is 1.43. The standard InChI is InChI=1S/C14H11N3OS/c1-17-11-7-2-3-8-12(11)19-14(17)16-13(18)10-6-4-5-9-15-10/h2-9H,1H3. The zero-order chi connectivity index (χ0) is 13.2. The van der Waals surface area contributed by atoms with Crippen LogP contribution in [0, 0.1) is 0 Å².